The fourth-order valence-corrected chi connectivity index (χ4v) is 5.68. The molecular formula is C23H40O3S. The Morgan fingerprint density at radius 2 is 1.74 bits per heavy atom. The zero-order valence-electron chi connectivity index (χ0n) is 17.2. The number of hydrogen-bond donors (Lipinski definition) is 1. The summed E-state index contributed by atoms with van der Waals surface area (Å²) in [4.78, 5) is 10.6. The fourth-order valence-electron chi connectivity index (χ4n) is 4.66. The van der Waals surface area contributed by atoms with E-state index in [4.69, 9.17) is 9.84 Å². The molecule has 1 N–H and O–H groups in total. The van der Waals surface area contributed by atoms with Gasteiger partial charge in [-0.25, -0.2) is 0 Å². The van der Waals surface area contributed by atoms with Crippen molar-refractivity contribution in [1.29, 1.82) is 0 Å². The van der Waals surface area contributed by atoms with E-state index in [2.05, 4.69) is 30.8 Å². The molecule has 156 valence electrons. The van der Waals surface area contributed by atoms with Crippen LogP contribution in [0.3, 0.4) is 0 Å². The summed E-state index contributed by atoms with van der Waals surface area (Å²) in [6.45, 7) is 2.27. The van der Waals surface area contributed by atoms with Crippen LogP contribution >= 0.6 is 11.8 Å². The molecular weight excluding hydrogens is 356 g/mol. The largest absolute Gasteiger partial charge is 0.481 e. The molecule has 0 aromatic heterocycles. The van der Waals surface area contributed by atoms with Crippen molar-refractivity contribution in [3.8, 4) is 0 Å². The van der Waals surface area contributed by atoms with E-state index in [-0.39, 0.29) is 6.42 Å². The molecule has 0 amide bonds. The highest BCUT2D eigenvalue weighted by atomic mass is 32.2. The van der Waals surface area contributed by atoms with Crippen LogP contribution in [0.5, 0.6) is 0 Å². The average Bonchev–Trinajstić information content (AvgIpc) is 3.25. The number of thioether (sulfide) groups is 1. The lowest BCUT2D eigenvalue weighted by atomic mass is 9.75. The number of unbranched alkanes of at least 4 members (excludes halogenated alkanes) is 5. The van der Waals surface area contributed by atoms with Crippen molar-refractivity contribution in [3.05, 3.63) is 12.2 Å². The number of carbonyl (C=O) groups is 1. The molecule has 3 nitrogen and oxygen atoms in total. The second-order valence-corrected chi connectivity index (χ2v) is 9.50. The first-order valence-electron chi connectivity index (χ1n) is 11.3. The molecule has 2 rings (SSSR count). The molecule has 2 fully saturated rings. The molecule has 0 aliphatic carbocycles. The SMILES string of the molecule is CCCCCCSCCCC[C@H]1[C@@H](C/C=C\CCCC(=O)O)[C@H]2CC[C@@H]1O2. The molecule has 27 heavy (non-hydrogen) atoms. The van der Waals surface area contributed by atoms with Crippen molar-refractivity contribution in [3.63, 3.8) is 0 Å². The molecule has 2 aliphatic heterocycles. The highest BCUT2D eigenvalue weighted by molar-refractivity contribution is 7.99. The van der Waals surface area contributed by atoms with E-state index in [1.807, 2.05) is 0 Å². The first-order chi connectivity index (χ1) is 13.2. The Morgan fingerprint density at radius 1 is 1.00 bits per heavy atom. The van der Waals surface area contributed by atoms with Gasteiger partial charge in [-0.1, -0.05) is 44.8 Å². The van der Waals surface area contributed by atoms with E-state index in [9.17, 15) is 4.79 Å². The molecule has 2 heterocycles. The lowest BCUT2D eigenvalue weighted by Gasteiger charge is -2.27. The van der Waals surface area contributed by atoms with E-state index >= 15 is 0 Å². The molecule has 0 saturated carbocycles. The van der Waals surface area contributed by atoms with E-state index < -0.39 is 5.97 Å². The molecule has 2 aliphatic rings. The summed E-state index contributed by atoms with van der Waals surface area (Å²) in [6, 6.07) is 0. The lowest BCUT2D eigenvalue weighted by molar-refractivity contribution is -0.137. The summed E-state index contributed by atoms with van der Waals surface area (Å²) < 4.78 is 6.22. The molecule has 2 bridgehead atoms. The maximum atomic E-state index is 10.6. The summed E-state index contributed by atoms with van der Waals surface area (Å²) in [5.41, 5.74) is 0. The smallest absolute Gasteiger partial charge is 0.303 e. The molecule has 2 saturated heterocycles. The fraction of sp³-hybridized carbons (Fsp3) is 0.870. The summed E-state index contributed by atoms with van der Waals surface area (Å²) in [5, 5.41) is 8.69. The van der Waals surface area contributed by atoms with E-state index in [1.165, 1.54) is 69.3 Å². The maximum Gasteiger partial charge on any atom is 0.303 e. The third-order valence-electron chi connectivity index (χ3n) is 6.15. The van der Waals surface area contributed by atoms with Gasteiger partial charge in [0, 0.05) is 6.42 Å². The molecule has 0 radical (unpaired) electrons. The molecule has 4 atom stereocenters. The van der Waals surface area contributed by atoms with Crippen LogP contribution in [0.15, 0.2) is 12.2 Å². The van der Waals surface area contributed by atoms with Gasteiger partial charge in [-0.2, -0.15) is 11.8 Å². The van der Waals surface area contributed by atoms with Gasteiger partial charge in [-0.05, 0) is 74.7 Å². The van der Waals surface area contributed by atoms with E-state index in [0.29, 0.717) is 18.1 Å². The number of allylic oxidation sites excluding steroid dienone is 2. The van der Waals surface area contributed by atoms with Crippen molar-refractivity contribution in [2.24, 2.45) is 11.8 Å². The summed E-state index contributed by atoms with van der Waals surface area (Å²) in [7, 11) is 0. The van der Waals surface area contributed by atoms with E-state index in [0.717, 1.165) is 25.2 Å². The number of hydrogen-bond acceptors (Lipinski definition) is 3. The van der Waals surface area contributed by atoms with Gasteiger partial charge in [0.25, 0.3) is 0 Å². The monoisotopic (exact) mass is 396 g/mol. The second kappa shape index (κ2) is 13.7. The lowest BCUT2D eigenvalue weighted by Crippen LogP contribution is -2.26. The van der Waals surface area contributed by atoms with Gasteiger partial charge in [-0.15, -0.1) is 0 Å². The summed E-state index contributed by atoms with van der Waals surface area (Å²) in [6.07, 6.45) is 20.5. The van der Waals surface area contributed by atoms with Gasteiger partial charge < -0.3 is 9.84 Å². The van der Waals surface area contributed by atoms with Crippen LogP contribution in [0.4, 0.5) is 0 Å². The topological polar surface area (TPSA) is 46.5 Å². The van der Waals surface area contributed by atoms with Crippen molar-refractivity contribution in [1.82, 2.24) is 0 Å². The van der Waals surface area contributed by atoms with Crippen molar-refractivity contribution >= 4 is 17.7 Å². The van der Waals surface area contributed by atoms with Crippen LogP contribution in [0, 0.1) is 11.8 Å². The Balaban J connectivity index is 1.57. The van der Waals surface area contributed by atoms with Crippen molar-refractivity contribution in [2.45, 2.75) is 103 Å². The van der Waals surface area contributed by atoms with Crippen molar-refractivity contribution in [2.75, 3.05) is 11.5 Å². The first kappa shape index (κ1) is 22.8. The number of aliphatic carboxylic acids is 1. The van der Waals surface area contributed by atoms with E-state index in [1.54, 1.807) is 0 Å². The Labute approximate surface area is 170 Å². The van der Waals surface area contributed by atoms with Gasteiger partial charge in [0.1, 0.15) is 0 Å². The number of carboxylic acids is 1. The quantitative estimate of drug-likeness (QED) is 0.240. The predicted molar refractivity (Wildman–Crippen MR) is 115 cm³/mol. The number of ether oxygens (including phenoxy) is 1. The molecule has 4 heteroatoms. The standard InChI is InChI=1S/C23H40O3S/c1-2-3-4-10-17-27-18-11-9-13-20-19(21-15-16-22(20)26-21)12-7-5-6-8-14-23(24)25/h5,7,19-22H,2-4,6,8-18H2,1H3,(H,24,25)/b7-5-/t19-,20+,21-,22+/m1/s1. The van der Waals surface area contributed by atoms with Crippen LogP contribution in [-0.2, 0) is 9.53 Å². The average molecular weight is 397 g/mol. The molecule has 0 unspecified atom stereocenters. The van der Waals surface area contributed by atoms with Crippen LogP contribution in [0.25, 0.3) is 0 Å². The van der Waals surface area contributed by atoms with Crippen LogP contribution < -0.4 is 0 Å². The predicted octanol–water partition coefficient (Wildman–Crippen LogP) is 6.47. The normalized spacial score (nSPS) is 27.0. The zero-order chi connectivity index (χ0) is 19.3. The Kier molecular flexibility index (Phi) is 11.5. The molecule has 0 aromatic rings. The molecule has 0 aromatic carbocycles. The third kappa shape index (κ3) is 8.60. The summed E-state index contributed by atoms with van der Waals surface area (Å²) >= 11 is 2.14. The number of fused-ring (bicyclic) bond motifs is 2. The minimum atomic E-state index is -0.691. The zero-order valence-corrected chi connectivity index (χ0v) is 18.1. The van der Waals surface area contributed by atoms with Crippen LogP contribution in [0.2, 0.25) is 0 Å². The van der Waals surface area contributed by atoms with Gasteiger partial charge in [0.15, 0.2) is 0 Å². The summed E-state index contributed by atoms with van der Waals surface area (Å²) in [5.74, 6) is 3.42. The Bertz CT molecular complexity index is 437. The maximum absolute atomic E-state index is 10.6. The minimum absolute atomic E-state index is 0.279. The van der Waals surface area contributed by atoms with Gasteiger partial charge >= 0.3 is 5.97 Å². The van der Waals surface area contributed by atoms with Gasteiger partial charge in [-0.3, -0.25) is 4.79 Å². The number of carboxylic acid groups (broad SMARTS) is 1. The second-order valence-electron chi connectivity index (χ2n) is 8.28. The van der Waals surface area contributed by atoms with Gasteiger partial charge in [0.2, 0.25) is 0 Å². The number of rotatable bonds is 16. The highest BCUT2D eigenvalue weighted by Gasteiger charge is 2.47. The Morgan fingerprint density at radius 3 is 2.48 bits per heavy atom. The van der Waals surface area contributed by atoms with Gasteiger partial charge in [0.05, 0.1) is 12.2 Å². The Hall–Kier alpha value is -0.480. The minimum Gasteiger partial charge on any atom is -0.481 e. The first-order valence-corrected chi connectivity index (χ1v) is 12.5. The van der Waals surface area contributed by atoms with Crippen LogP contribution in [-0.4, -0.2) is 34.8 Å². The highest BCUT2D eigenvalue weighted by Crippen LogP contribution is 2.47. The van der Waals surface area contributed by atoms with Crippen LogP contribution in [0.1, 0.15) is 90.4 Å². The third-order valence-corrected chi connectivity index (χ3v) is 7.30. The van der Waals surface area contributed by atoms with Crippen molar-refractivity contribution < 1.29 is 14.6 Å². The molecule has 0 spiro atoms.